The number of imidazole rings is 1. The maximum atomic E-state index is 10.5. The predicted octanol–water partition coefficient (Wildman–Crippen LogP) is 2.37. The Morgan fingerprint density at radius 2 is 2.29 bits per heavy atom. The smallest absolute Gasteiger partial charge is 0.390 e. The Bertz CT molecular complexity index is 296. The van der Waals surface area contributed by atoms with E-state index in [-0.39, 0.29) is 5.95 Å². The number of hydrogen-bond donors (Lipinski definition) is 0. The third-order valence-electron chi connectivity index (χ3n) is 2.11. The quantitative estimate of drug-likeness (QED) is 0.399. The summed E-state index contributed by atoms with van der Waals surface area (Å²) < 4.78 is 1.59. The van der Waals surface area contributed by atoms with Gasteiger partial charge in [-0.05, 0) is 11.3 Å². The van der Waals surface area contributed by atoms with Gasteiger partial charge in [-0.25, -0.2) is 4.57 Å². The van der Waals surface area contributed by atoms with Crippen LogP contribution in [0.4, 0.5) is 5.95 Å². The Hall–Kier alpha value is -1.39. The van der Waals surface area contributed by atoms with Crippen LogP contribution in [-0.4, -0.2) is 14.5 Å². The van der Waals surface area contributed by atoms with Crippen LogP contribution in [0.1, 0.15) is 32.6 Å². The summed E-state index contributed by atoms with van der Waals surface area (Å²) in [5.74, 6) is -0.0542. The highest BCUT2D eigenvalue weighted by Crippen LogP contribution is 2.09. The highest BCUT2D eigenvalue weighted by atomic mass is 16.6. The summed E-state index contributed by atoms with van der Waals surface area (Å²) in [5.41, 5.74) is 0. The molecule has 1 aromatic heterocycles. The first kappa shape index (κ1) is 10.7. The highest BCUT2D eigenvalue weighted by Gasteiger charge is 2.12. The molecule has 0 bridgehead atoms. The van der Waals surface area contributed by atoms with Gasteiger partial charge in [0.2, 0.25) is 0 Å². The summed E-state index contributed by atoms with van der Waals surface area (Å²) in [6.07, 6.45) is 7.58. The van der Waals surface area contributed by atoms with Crippen molar-refractivity contribution in [1.82, 2.24) is 9.55 Å². The lowest BCUT2D eigenvalue weighted by molar-refractivity contribution is -0.396. The fourth-order valence-corrected chi connectivity index (χ4v) is 1.36. The van der Waals surface area contributed by atoms with Crippen molar-refractivity contribution in [2.75, 3.05) is 0 Å². The van der Waals surface area contributed by atoms with Crippen LogP contribution in [0.25, 0.3) is 0 Å². The van der Waals surface area contributed by atoms with E-state index in [9.17, 15) is 10.1 Å². The molecule has 5 heteroatoms. The number of aromatic nitrogens is 2. The van der Waals surface area contributed by atoms with Crippen molar-refractivity contribution in [2.24, 2.45) is 0 Å². The SMILES string of the molecule is CCCCCCn1ccnc1[N+](=O)[O-]. The van der Waals surface area contributed by atoms with Gasteiger partial charge in [0, 0.05) is 0 Å². The molecule has 0 aliphatic carbocycles. The van der Waals surface area contributed by atoms with Crippen molar-refractivity contribution in [3.63, 3.8) is 0 Å². The van der Waals surface area contributed by atoms with Crippen LogP contribution in [0.2, 0.25) is 0 Å². The number of unbranched alkanes of at least 4 members (excludes halogenated alkanes) is 3. The zero-order valence-electron chi connectivity index (χ0n) is 8.35. The van der Waals surface area contributed by atoms with Crippen LogP contribution in [0.3, 0.4) is 0 Å². The van der Waals surface area contributed by atoms with E-state index in [1.54, 1.807) is 10.8 Å². The van der Waals surface area contributed by atoms with Crippen LogP contribution < -0.4 is 0 Å². The van der Waals surface area contributed by atoms with Crippen molar-refractivity contribution in [2.45, 2.75) is 39.2 Å². The van der Waals surface area contributed by atoms with Crippen LogP contribution in [0.15, 0.2) is 12.4 Å². The fraction of sp³-hybridized carbons (Fsp3) is 0.667. The molecule has 1 rings (SSSR count). The van der Waals surface area contributed by atoms with E-state index >= 15 is 0 Å². The second-order valence-electron chi connectivity index (χ2n) is 3.24. The van der Waals surface area contributed by atoms with Gasteiger partial charge in [0.1, 0.15) is 12.4 Å². The first-order chi connectivity index (χ1) is 6.75. The van der Waals surface area contributed by atoms with E-state index in [2.05, 4.69) is 11.9 Å². The van der Waals surface area contributed by atoms with E-state index in [1.165, 1.54) is 19.0 Å². The molecule has 0 radical (unpaired) electrons. The average Bonchev–Trinajstić information content (AvgIpc) is 2.60. The predicted molar refractivity (Wildman–Crippen MR) is 53.0 cm³/mol. The summed E-state index contributed by atoms with van der Waals surface area (Å²) in [5, 5.41) is 10.5. The van der Waals surface area contributed by atoms with Gasteiger partial charge < -0.3 is 10.1 Å². The maximum Gasteiger partial charge on any atom is 0.434 e. The van der Waals surface area contributed by atoms with E-state index in [4.69, 9.17) is 0 Å². The lowest BCUT2D eigenvalue weighted by Crippen LogP contribution is -2.02. The monoisotopic (exact) mass is 197 g/mol. The summed E-state index contributed by atoms with van der Waals surface area (Å²) in [7, 11) is 0. The molecule has 0 amide bonds. The Morgan fingerprint density at radius 1 is 1.50 bits per heavy atom. The minimum atomic E-state index is -0.445. The van der Waals surface area contributed by atoms with E-state index in [0.29, 0.717) is 6.54 Å². The third kappa shape index (κ3) is 2.83. The van der Waals surface area contributed by atoms with Gasteiger partial charge in [0.15, 0.2) is 0 Å². The summed E-state index contributed by atoms with van der Waals surface area (Å²) in [6, 6.07) is 0. The van der Waals surface area contributed by atoms with Gasteiger partial charge in [-0.2, -0.15) is 0 Å². The molecule has 0 unspecified atom stereocenters. The molecule has 1 aromatic rings. The van der Waals surface area contributed by atoms with Crippen molar-refractivity contribution >= 4 is 5.95 Å². The Balaban J connectivity index is 2.42. The van der Waals surface area contributed by atoms with Gasteiger partial charge in [-0.1, -0.05) is 31.2 Å². The summed E-state index contributed by atoms with van der Waals surface area (Å²) in [6.45, 7) is 2.83. The number of nitro groups is 1. The van der Waals surface area contributed by atoms with Gasteiger partial charge in [0.25, 0.3) is 0 Å². The van der Waals surface area contributed by atoms with E-state index in [0.717, 1.165) is 12.8 Å². The average molecular weight is 197 g/mol. The van der Waals surface area contributed by atoms with E-state index < -0.39 is 4.92 Å². The molecule has 0 saturated carbocycles. The van der Waals surface area contributed by atoms with Gasteiger partial charge in [-0.3, -0.25) is 0 Å². The van der Waals surface area contributed by atoms with Gasteiger partial charge >= 0.3 is 5.95 Å². The molecule has 1 heterocycles. The zero-order chi connectivity index (χ0) is 10.4. The maximum absolute atomic E-state index is 10.5. The molecule has 0 N–H and O–H groups in total. The first-order valence-corrected chi connectivity index (χ1v) is 4.91. The minimum absolute atomic E-state index is 0.0542. The molecule has 0 aromatic carbocycles. The van der Waals surface area contributed by atoms with Crippen LogP contribution in [0, 0.1) is 10.1 Å². The van der Waals surface area contributed by atoms with Crippen LogP contribution in [0.5, 0.6) is 0 Å². The molecule has 0 spiro atoms. The minimum Gasteiger partial charge on any atom is -0.390 e. The molecule has 5 nitrogen and oxygen atoms in total. The second kappa shape index (κ2) is 5.36. The Kier molecular flexibility index (Phi) is 4.10. The lowest BCUT2D eigenvalue weighted by atomic mass is 10.2. The van der Waals surface area contributed by atoms with E-state index in [1.807, 2.05) is 0 Å². The molecule has 0 saturated heterocycles. The number of nitrogens with zero attached hydrogens (tertiary/aromatic N) is 3. The van der Waals surface area contributed by atoms with Crippen molar-refractivity contribution in [1.29, 1.82) is 0 Å². The molecule has 0 aliphatic heterocycles. The summed E-state index contributed by atoms with van der Waals surface area (Å²) in [4.78, 5) is 13.7. The number of rotatable bonds is 6. The molecule has 0 atom stereocenters. The fourth-order valence-electron chi connectivity index (χ4n) is 1.36. The van der Waals surface area contributed by atoms with Crippen molar-refractivity contribution in [3.05, 3.63) is 22.5 Å². The molecule has 14 heavy (non-hydrogen) atoms. The molecule has 0 fully saturated rings. The van der Waals surface area contributed by atoms with Gasteiger partial charge in [0.05, 0.1) is 6.54 Å². The number of aryl methyl sites for hydroxylation is 1. The largest absolute Gasteiger partial charge is 0.434 e. The molecular formula is C9H15N3O2. The molecule has 78 valence electrons. The third-order valence-corrected chi connectivity index (χ3v) is 2.11. The van der Waals surface area contributed by atoms with Crippen molar-refractivity contribution < 1.29 is 4.92 Å². The molecular weight excluding hydrogens is 182 g/mol. The summed E-state index contributed by atoms with van der Waals surface area (Å²) >= 11 is 0. The lowest BCUT2D eigenvalue weighted by Gasteiger charge is -2.00. The van der Waals surface area contributed by atoms with Gasteiger partial charge in [-0.15, -0.1) is 0 Å². The molecule has 0 aliphatic rings. The van der Waals surface area contributed by atoms with Crippen LogP contribution in [-0.2, 0) is 6.54 Å². The zero-order valence-corrected chi connectivity index (χ0v) is 8.35. The number of hydrogen-bond acceptors (Lipinski definition) is 3. The van der Waals surface area contributed by atoms with Crippen molar-refractivity contribution in [3.8, 4) is 0 Å². The highest BCUT2D eigenvalue weighted by molar-refractivity contribution is 5.06. The Morgan fingerprint density at radius 3 is 2.93 bits per heavy atom. The van der Waals surface area contributed by atoms with Crippen LogP contribution >= 0.6 is 0 Å². The first-order valence-electron chi connectivity index (χ1n) is 4.91. The second-order valence-corrected chi connectivity index (χ2v) is 3.24. The normalized spacial score (nSPS) is 10.4. The topological polar surface area (TPSA) is 61.0 Å². The Labute approximate surface area is 82.9 Å². The standard InChI is InChI=1S/C9H15N3O2/c1-2-3-4-5-7-11-8-6-10-9(11)12(13)14/h6,8H,2-5,7H2,1H3.